The van der Waals surface area contributed by atoms with Crippen LogP contribution in [0.4, 0.5) is 5.13 Å². The Hall–Kier alpha value is -3.02. The number of ether oxygens (including phenoxy) is 2. The van der Waals surface area contributed by atoms with Crippen LogP contribution in [0, 0.1) is 0 Å². The number of hydrogen-bond acceptors (Lipinski definition) is 8. The highest BCUT2D eigenvalue weighted by Gasteiger charge is 2.24. The van der Waals surface area contributed by atoms with Crippen LogP contribution in [0.25, 0.3) is 0 Å². The number of aromatic nitrogens is 2. The topological polar surface area (TPSA) is 120 Å². The molecule has 1 amide bonds. The van der Waals surface area contributed by atoms with E-state index in [1.54, 1.807) is 55.5 Å². The fourth-order valence-electron chi connectivity index (χ4n) is 2.82. The summed E-state index contributed by atoms with van der Waals surface area (Å²) in [6.45, 7) is 6.38. The summed E-state index contributed by atoms with van der Waals surface area (Å²) in [4.78, 5) is 12.2. The summed E-state index contributed by atoms with van der Waals surface area (Å²) in [7, 11) is -3.96. The van der Waals surface area contributed by atoms with Crippen LogP contribution in [0.3, 0.4) is 0 Å². The van der Waals surface area contributed by atoms with E-state index in [-0.39, 0.29) is 9.47 Å². The molecule has 3 rings (SSSR count). The summed E-state index contributed by atoms with van der Waals surface area (Å²) in [5, 5.41) is 10.2. The second-order valence-corrected chi connectivity index (χ2v) is 9.47. The zero-order valence-corrected chi connectivity index (χ0v) is 19.5. The normalized spacial score (nSPS) is 12.2. The van der Waals surface area contributed by atoms with Gasteiger partial charge in [0.05, 0.1) is 13.2 Å². The predicted molar refractivity (Wildman–Crippen MR) is 122 cm³/mol. The number of anilines is 1. The molecule has 11 heteroatoms. The molecule has 0 aliphatic carbocycles. The maximum Gasteiger partial charge on any atom is 0.270 e. The number of hydrogen-bond donors (Lipinski definition) is 2. The highest BCUT2D eigenvalue weighted by atomic mass is 32.2. The molecule has 9 nitrogen and oxygen atoms in total. The van der Waals surface area contributed by atoms with E-state index in [4.69, 9.17) is 9.47 Å². The van der Waals surface area contributed by atoms with Gasteiger partial charge in [-0.1, -0.05) is 35.6 Å². The standard InChI is InChI=1S/C21H24N4O5S2/c1-4-29-17-12-11-16(13-18(17)30-5-2)14(3)25-32(27,28)21-24-23-20(31-21)22-19(26)15-9-7-6-8-10-15/h6-14,25H,4-5H2,1-3H3,(H,22,23,26)/t14-/m1/s1. The van der Waals surface area contributed by atoms with Crippen molar-refractivity contribution < 1.29 is 22.7 Å². The van der Waals surface area contributed by atoms with Crippen LogP contribution >= 0.6 is 11.3 Å². The minimum Gasteiger partial charge on any atom is -0.490 e. The number of nitrogens with zero attached hydrogens (tertiary/aromatic N) is 2. The quantitative estimate of drug-likeness (QED) is 0.429. The van der Waals surface area contributed by atoms with E-state index in [2.05, 4.69) is 20.2 Å². The Labute approximate surface area is 190 Å². The van der Waals surface area contributed by atoms with Gasteiger partial charge in [0.15, 0.2) is 11.5 Å². The number of amides is 1. The molecular weight excluding hydrogens is 452 g/mol. The van der Waals surface area contributed by atoms with E-state index in [0.29, 0.717) is 35.8 Å². The first-order chi connectivity index (χ1) is 15.3. The van der Waals surface area contributed by atoms with Crippen molar-refractivity contribution in [2.75, 3.05) is 18.5 Å². The first-order valence-corrected chi connectivity index (χ1v) is 12.3. The van der Waals surface area contributed by atoms with Gasteiger partial charge in [-0.2, -0.15) is 0 Å². The zero-order chi connectivity index (χ0) is 23.1. The third kappa shape index (κ3) is 5.81. The van der Waals surface area contributed by atoms with Crippen molar-refractivity contribution in [1.29, 1.82) is 0 Å². The van der Waals surface area contributed by atoms with E-state index < -0.39 is 22.0 Å². The second kappa shape index (κ2) is 10.5. The molecular formula is C21H24N4O5S2. The molecule has 0 saturated heterocycles. The van der Waals surface area contributed by atoms with Gasteiger partial charge < -0.3 is 9.47 Å². The number of rotatable bonds is 10. The molecule has 170 valence electrons. The largest absolute Gasteiger partial charge is 0.490 e. The van der Waals surface area contributed by atoms with E-state index >= 15 is 0 Å². The van der Waals surface area contributed by atoms with Crippen LogP contribution in [0.1, 0.15) is 42.7 Å². The van der Waals surface area contributed by atoms with Crippen molar-refractivity contribution in [1.82, 2.24) is 14.9 Å². The molecule has 0 spiro atoms. The highest BCUT2D eigenvalue weighted by molar-refractivity contribution is 7.91. The van der Waals surface area contributed by atoms with Gasteiger partial charge in [-0.25, -0.2) is 13.1 Å². The van der Waals surface area contributed by atoms with Crippen LogP contribution in [0.15, 0.2) is 52.9 Å². The SMILES string of the molecule is CCOc1ccc([C@@H](C)NS(=O)(=O)c2nnc(NC(=O)c3ccccc3)s2)cc1OCC. The average molecular weight is 477 g/mol. The fraction of sp³-hybridized carbons (Fsp3) is 0.286. The molecule has 0 radical (unpaired) electrons. The number of carbonyl (C=O) groups is 1. The molecule has 1 aromatic heterocycles. The van der Waals surface area contributed by atoms with E-state index in [1.807, 2.05) is 13.8 Å². The van der Waals surface area contributed by atoms with Crippen molar-refractivity contribution in [2.45, 2.75) is 31.2 Å². The summed E-state index contributed by atoms with van der Waals surface area (Å²) < 4.78 is 39.1. The smallest absolute Gasteiger partial charge is 0.270 e. The second-order valence-electron chi connectivity index (χ2n) is 6.61. The number of nitrogens with one attached hydrogen (secondary N) is 2. The number of carbonyl (C=O) groups excluding carboxylic acids is 1. The van der Waals surface area contributed by atoms with Crippen molar-refractivity contribution >= 4 is 32.4 Å². The highest BCUT2D eigenvalue weighted by Crippen LogP contribution is 2.31. The molecule has 0 aliphatic heterocycles. The number of sulfonamides is 1. The maximum absolute atomic E-state index is 12.8. The molecule has 0 bridgehead atoms. The Kier molecular flexibility index (Phi) is 7.78. The lowest BCUT2D eigenvalue weighted by Crippen LogP contribution is -2.26. The molecule has 2 N–H and O–H groups in total. The van der Waals surface area contributed by atoms with E-state index in [0.717, 1.165) is 11.3 Å². The van der Waals surface area contributed by atoms with E-state index in [1.165, 1.54) is 0 Å². The molecule has 0 aliphatic rings. The summed E-state index contributed by atoms with van der Waals surface area (Å²) in [6.07, 6.45) is 0. The van der Waals surface area contributed by atoms with Gasteiger partial charge in [0, 0.05) is 11.6 Å². The Bertz CT molecular complexity index is 1170. The van der Waals surface area contributed by atoms with Crippen LogP contribution in [0.2, 0.25) is 0 Å². The van der Waals surface area contributed by atoms with Gasteiger partial charge in [-0.05, 0) is 50.6 Å². The van der Waals surface area contributed by atoms with Gasteiger partial charge in [-0.3, -0.25) is 10.1 Å². The van der Waals surface area contributed by atoms with Gasteiger partial charge >= 0.3 is 0 Å². The molecule has 32 heavy (non-hydrogen) atoms. The lowest BCUT2D eigenvalue weighted by atomic mass is 10.1. The van der Waals surface area contributed by atoms with Gasteiger partial charge in [0.2, 0.25) is 9.47 Å². The van der Waals surface area contributed by atoms with Crippen molar-refractivity contribution in [3.05, 3.63) is 59.7 Å². The molecule has 0 unspecified atom stereocenters. The van der Waals surface area contributed by atoms with Crippen LogP contribution < -0.4 is 19.5 Å². The maximum atomic E-state index is 12.8. The molecule has 0 saturated carbocycles. The molecule has 0 fully saturated rings. The first kappa shape index (κ1) is 23.6. The Morgan fingerprint density at radius 3 is 2.41 bits per heavy atom. The van der Waals surface area contributed by atoms with Gasteiger partial charge in [-0.15, -0.1) is 10.2 Å². The minimum absolute atomic E-state index is 0.0894. The van der Waals surface area contributed by atoms with Crippen LogP contribution in [-0.4, -0.2) is 37.7 Å². The Morgan fingerprint density at radius 1 is 1.03 bits per heavy atom. The van der Waals surface area contributed by atoms with E-state index in [9.17, 15) is 13.2 Å². The summed E-state index contributed by atoms with van der Waals surface area (Å²) in [6, 6.07) is 13.2. The molecule has 3 aromatic rings. The predicted octanol–water partition coefficient (Wildman–Crippen LogP) is 3.63. The summed E-state index contributed by atoms with van der Waals surface area (Å²) in [5.74, 6) is 0.737. The fourth-order valence-corrected chi connectivity index (χ4v) is 4.96. The third-order valence-corrected chi connectivity index (χ3v) is 7.04. The Balaban J connectivity index is 1.72. The Morgan fingerprint density at radius 2 is 1.72 bits per heavy atom. The van der Waals surface area contributed by atoms with Crippen molar-refractivity contribution in [3.63, 3.8) is 0 Å². The lowest BCUT2D eigenvalue weighted by Gasteiger charge is -2.16. The average Bonchev–Trinajstić information content (AvgIpc) is 3.25. The van der Waals surface area contributed by atoms with Gasteiger partial charge in [0.1, 0.15) is 0 Å². The monoisotopic (exact) mass is 476 g/mol. The summed E-state index contributed by atoms with van der Waals surface area (Å²) >= 11 is 0.771. The molecule has 2 aromatic carbocycles. The zero-order valence-electron chi connectivity index (χ0n) is 17.9. The van der Waals surface area contributed by atoms with Crippen molar-refractivity contribution in [2.24, 2.45) is 0 Å². The van der Waals surface area contributed by atoms with Crippen LogP contribution in [0.5, 0.6) is 11.5 Å². The molecule has 1 heterocycles. The van der Waals surface area contributed by atoms with Crippen molar-refractivity contribution in [3.8, 4) is 11.5 Å². The number of benzene rings is 2. The minimum atomic E-state index is -3.96. The first-order valence-electron chi connectivity index (χ1n) is 9.95. The van der Waals surface area contributed by atoms with Gasteiger partial charge in [0.25, 0.3) is 15.9 Å². The lowest BCUT2D eigenvalue weighted by molar-refractivity contribution is 0.102. The van der Waals surface area contributed by atoms with Crippen LogP contribution in [-0.2, 0) is 10.0 Å². The summed E-state index contributed by atoms with van der Waals surface area (Å²) in [5.41, 5.74) is 1.13. The molecule has 1 atom stereocenters. The third-order valence-electron chi connectivity index (χ3n) is 4.29.